The monoisotopic (exact) mass is 218 g/mol. The quantitative estimate of drug-likeness (QED) is 0.818. The summed E-state index contributed by atoms with van der Waals surface area (Å²) in [6, 6.07) is 9.51. The molecule has 1 N–H and O–H groups in total. The normalized spacial score (nSPS) is 23.0. The molecule has 1 aliphatic heterocycles. The van der Waals surface area contributed by atoms with Crippen LogP contribution in [0.25, 0.3) is 0 Å². The van der Waals surface area contributed by atoms with E-state index in [2.05, 4.69) is 48.3 Å². The fourth-order valence-corrected chi connectivity index (χ4v) is 2.29. The summed E-state index contributed by atoms with van der Waals surface area (Å²) in [5.41, 5.74) is 2.80. The first-order valence-corrected chi connectivity index (χ1v) is 6.25. The fourth-order valence-electron chi connectivity index (χ4n) is 2.29. The molecule has 0 aliphatic carbocycles. The lowest BCUT2D eigenvalue weighted by Crippen LogP contribution is -2.28. The van der Waals surface area contributed by atoms with Crippen LogP contribution >= 0.6 is 0 Å². The molecule has 1 aromatic carbocycles. The van der Waals surface area contributed by atoms with Gasteiger partial charge < -0.3 is 5.32 Å². The van der Waals surface area contributed by atoms with Crippen LogP contribution in [0.3, 0.4) is 0 Å². The van der Waals surface area contributed by atoms with Crippen LogP contribution in [0.2, 0.25) is 0 Å². The summed E-state index contributed by atoms with van der Waals surface area (Å²) < 4.78 is 0. The highest BCUT2D eigenvalue weighted by atomic mass is 15.2. The smallest absolute Gasteiger partial charge is 0.0234 e. The van der Waals surface area contributed by atoms with Crippen LogP contribution in [0.15, 0.2) is 24.3 Å². The second-order valence-electron chi connectivity index (χ2n) is 4.91. The van der Waals surface area contributed by atoms with E-state index in [0.29, 0.717) is 6.04 Å². The minimum absolute atomic E-state index is 0.669. The van der Waals surface area contributed by atoms with Crippen molar-refractivity contribution >= 4 is 0 Å². The molecule has 1 atom stereocenters. The number of hydrogen-bond acceptors (Lipinski definition) is 2. The largest absolute Gasteiger partial charge is 0.313 e. The van der Waals surface area contributed by atoms with Gasteiger partial charge in [-0.15, -0.1) is 0 Å². The van der Waals surface area contributed by atoms with Crippen molar-refractivity contribution < 1.29 is 0 Å². The van der Waals surface area contributed by atoms with Crippen molar-refractivity contribution in [2.75, 3.05) is 19.6 Å². The van der Waals surface area contributed by atoms with Crippen LogP contribution in [0.5, 0.6) is 0 Å². The van der Waals surface area contributed by atoms with Gasteiger partial charge in [0.15, 0.2) is 0 Å². The molecule has 0 spiro atoms. The molecule has 1 saturated heterocycles. The molecule has 0 radical (unpaired) electrons. The van der Waals surface area contributed by atoms with E-state index < -0.39 is 0 Å². The number of rotatable bonds is 2. The molecule has 0 bridgehead atoms. The lowest BCUT2D eigenvalue weighted by atomic mass is 10.1. The first-order valence-electron chi connectivity index (χ1n) is 6.25. The molecule has 1 heterocycles. The summed E-state index contributed by atoms with van der Waals surface area (Å²) in [5.74, 6) is 0. The van der Waals surface area contributed by atoms with E-state index in [0.717, 1.165) is 19.6 Å². The predicted octanol–water partition coefficient (Wildman–Crippen LogP) is 2.18. The molecule has 0 amide bonds. The third-order valence-electron chi connectivity index (χ3n) is 3.29. The average molecular weight is 218 g/mol. The van der Waals surface area contributed by atoms with Crippen LogP contribution < -0.4 is 5.32 Å². The molecule has 2 heteroatoms. The number of hydrogen-bond donors (Lipinski definition) is 1. The third-order valence-corrected chi connectivity index (χ3v) is 3.29. The van der Waals surface area contributed by atoms with Gasteiger partial charge in [0.25, 0.3) is 0 Å². The maximum atomic E-state index is 3.53. The Hall–Kier alpha value is -0.860. The minimum Gasteiger partial charge on any atom is -0.313 e. The number of benzene rings is 1. The standard InChI is InChI=1S/C14H22N2/c1-12-4-3-5-14(10-12)11-16-8-6-13(2)15-7-9-16/h3-5,10,13,15H,6-9,11H2,1-2H3. The first kappa shape index (κ1) is 11.6. The van der Waals surface area contributed by atoms with Crippen LogP contribution in [0, 0.1) is 6.92 Å². The van der Waals surface area contributed by atoms with Gasteiger partial charge >= 0.3 is 0 Å². The van der Waals surface area contributed by atoms with Crippen molar-refractivity contribution in [3.63, 3.8) is 0 Å². The highest BCUT2D eigenvalue weighted by molar-refractivity contribution is 5.22. The van der Waals surface area contributed by atoms with Crippen molar-refractivity contribution in [2.24, 2.45) is 0 Å². The summed E-state index contributed by atoms with van der Waals surface area (Å²) in [5, 5.41) is 3.53. The molecule has 1 aliphatic rings. The van der Waals surface area contributed by atoms with Gasteiger partial charge in [0.1, 0.15) is 0 Å². The Morgan fingerprint density at radius 1 is 1.38 bits per heavy atom. The van der Waals surface area contributed by atoms with Gasteiger partial charge in [0, 0.05) is 32.2 Å². The molecular formula is C14H22N2. The second kappa shape index (κ2) is 5.46. The van der Waals surface area contributed by atoms with Crippen LogP contribution in [-0.2, 0) is 6.54 Å². The topological polar surface area (TPSA) is 15.3 Å². The van der Waals surface area contributed by atoms with Gasteiger partial charge in [-0.3, -0.25) is 4.90 Å². The summed E-state index contributed by atoms with van der Waals surface area (Å²) in [7, 11) is 0. The molecule has 2 nitrogen and oxygen atoms in total. The highest BCUT2D eigenvalue weighted by Crippen LogP contribution is 2.09. The van der Waals surface area contributed by atoms with E-state index >= 15 is 0 Å². The molecule has 1 unspecified atom stereocenters. The Morgan fingerprint density at radius 2 is 2.25 bits per heavy atom. The fraction of sp³-hybridized carbons (Fsp3) is 0.571. The molecule has 0 saturated carbocycles. The molecule has 0 aromatic heterocycles. The van der Waals surface area contributed by atoms with Crippen molar-refractivity contribution in [3.8, 4) is 0 Å². The Balaban J connectivity index is 1.93. The van der Waals surface area contributed by atoms with E-state index in [1.807, 2.05) is 0 Å². The van der Waals surface area contributed by atoms with E-state index in [9.17, 15) is 0 Å². The van der Waals surface area contributed by atoms with Gasteiger partial charge in [0.2, 0.25) is 0 Å². The van der Waals surface area contributed by atoms with Crippen LogP contribution in [0.1, 0.15) is 24.5 Å². The second-order valence-corrected chi connectivity index (χ2v) is 4.91. The van der Waals surface area contributed by atoms with E-state index in [1.54, 1.807) is 0 Å². The van der Waals surface area contributed by atoms with E-state index in [-0.39, 0.29) is 0 Å². The molecule has 88 valence electrons. The van der Waals surface area contributed by atoms with Gasteiger partial charge in [-0.05, 0) is 25.8 Å². The predicted molar refractivity (Wildman–Crippen MR) is 68.5 cm³/mol. The maximum absolute atomic E-state index is 3.53. The van der Waals surface area contributed by atoms with Gasteiger partial charge in [-0.25, -0.2) is 0 Å². The third kappa shape index (κ3) is 3.32. The SMILES string of the molecule is Cc1cccc(CN2CCNC(C)CC2)c1. The summed E-state index contributed by atoms with van der Waals surface area (Å²) in [4.78, 5) is 2.55. The molecule has 1 aromatic rings. The lowest BCUT2D eigenvalue weighted by Gasteiger charge is -2.19. The van der Waals surface area contributed by atoms with Gasteiger partial charge in [-0.1, -0.05) is 29.8 Å². The number of nitrogens with zero attached hydrogens (tertiary/aromatic N) is 1. The first-order chi connectivity index (χ1) is 7.74. The summed E-state index contributed by atoms with van der Waals surface area (Å²) >= 11 is 0. The van der Waals surface area contributed by atoms with Crippen molar-refractivity contribution in [1.82, 2.24) is 10.2 Å². The zero-order chi connectivity index (χ0) is 11.4. The van der Waals surface area contributed by atoms with E-state index in [1.165, 1.54) is 24.1 Å². The Kier molecular flexibility index (Phi) is 3.97. The Morgan fingerprint density at radius 3 is 3.06 bits per heavy atom. The zero-order valence-corrected chi connectivity index (χ0v) is 10.4. The molecule has 2 rings (SSSR count). The minimum atomic E-state index is 0.669. The van der Waals surface area contributed by atoms with Gasteiger partial charge in [0.05, 0.1) is 0 Å². The molecule has 1 fully saturated rings. The number of aryl methyl sites for hydroxylation is 1. The van der Waals surface area contributed by atoms with Gasteiger partial charge in [-0.2, -0.15) is 0 Å². The van der Waals surface area contributed by atoms with Crippen molar-refractivity contribution in [2.45, 2.75) is 32.9 Å². The molecular weight excluding hydrogens is 196 g/mol. The maximum Gasteiger partial charge on any atom is 0.0234 e. The lowest BCUT2D eigenvalue weighted by molar-refractivity contribution is 0.282. The van der Waals surface area contributed by atoms with Crippen molar-refractivity contribution in [3.05, 3.63) is 35.4 Å². The average Bonchev–Trinajstić information content (AvgIpc) is 2.44. The molecule has 16 heavy (non-hydrogen) atoms. The van der Waals surface area contributed by atoms with Crippen LogP contribution in [0.4, 0.5) is 0 Å². The summed E-state index contributed by atoms with van der Waals surface area (Å²) in [6.07, 6.45) is 1.26. The van der Waals surface area contributed by atoms with E-state index in [4.69, 9.17) is 0 Å². The number of nitrogens with one attached hydrogen (secondary N) is 1. The van der Waals surface area contributed by atoms with Crippen molar-refractivity contribution in [1.29, 1.82) is 0 Å². The zero-order valence-electron chi connectivity index (χ0n) is 10.4. The summed E-state index contributed by atoms with van der Waals surface area (Å²) in [6.45, 7) is 9.02. The Labute approximate surface area is 98.7 Å². The van der Waals surface area contributed by atoms with Crippen LogP contribution in [-0.4, -0.2) is 30.6 Å². The highest BCUT2D eigenvalue weighted by Gasteiger charge is 2.12. The Bertz CT molecular complexity index is 335.